The van der Waals surface area contributed by atoms with Crippen LogP contribution in [0.4, 0.5) is 9.18 Å². The van der Waals surface area contributed by atoms with Crippen LogP contribution in [0.5, 0.6) is 0 Å². The van der Waals surface area contributed by atoms with Gasteiger partial charge >= 0.3 is 6.09 Å². The normalized spacial score (nSPS) is 12.3. The molecule has 0 radical (unpaired) electrons. The van der Waals surface area contributed by atoms with Gasteiger partial charge in [-0.3, -0.25) is 24.8 Å². The first-order valence-corrected chi connectivity index (χ1v) is 8.29. The smallest absolute Gasteiger partial charge is 0.408 e. The topological polar surface area (TPSA) is 131 Å². The molecule has 0 heterocycles. The third-order valence-electron chi connectivity index (χ3n) is 2.95. The van der Waals surface area contributed by atoms with Crippen molar-refractivity contribution in [1.82, 2.24) is 15.8 Å². The molecular weight excluding hydrogens is 347 g/mol. The van der Waals surface area contributed by atoms with E-state index in [1.807, 2.05) is 13.8 Å². The van der Waals surface area contributed by atoms with E-state index >= 15 is 0 Å². The van der Waals surface area contributed by atoms with Gasteiger partial charge in [-0.2, -0.15) is 0 Å². The summed E-state index contributed by atoms with van der Waals surface area (Å²) in [5, 5.41) is 3.22. The van der Waals surface area contributed by atoms with Gasteiger partial charge in [0.1, 0.15) is 0 Å². The van der Waals surface area contributed by atoms with E-state index in [1.54, 1.807) is 20.8 Å². The monoisotopic (exact) mass is 376 g/mol. The number of nitrogens with zero attached hydrogens (tertiary/aromatic N) is 1. The molecule has 0 saturated heterocycles. The Kier molecular flexibility index (Phi) is 9.60. The van der Waals surface area contributed by atoms with E-state index in [-0.39, 0.29) is 25.3 Å². The van der Waals surface area contributed by atoms with Crippen LogP contribution in [-0.2, 0) is 19.1 Å². The van der Waals surface area contributed by atoms with Crippen molar-refractivity contribution >= 4 is 23.8 Å². The highest BCUT2D eigenvalue weighted by Gasteiger charge is 2.28. The molecule has 1 atom stereocenters. The SMILES string of the molecule is CC(C)C[C@H](OC(=O)NC(C)(C)C)C(=O)NN(CCC(N)=O)C(=O)CF. The number of hydrogen-bond acceptors (Lipinski definition) is 5. The fraction of sp³-hybridized carbons (Fsp3) is 0.750. The second-order valence-corrected chi connectivity index (χ2v) is 7.27. The van der Waals surface area contributed by atoms with Gasteiger partial charge in [0, 0.05) is 12.0 Å². The van der Waals surface area contributed by atoms with Crippen LogP contribution >= 0.6 is 0 Å². The van der Waals surface area contributed by atoms with E-state index in [2.05, 4.69) is 10.7 Å². The van der Waals surface area contributed by atoms with E-state index in [0.717, 1.165) is 0 Å². The van der Waals surface area contributed by atoms with Crippen molar-refractivity contribution in [1.29, 1.82) is 0 Å². The van der Waals surface area contributed by atoms with Gasteiger partial charge in [0.05, 0.1) is 6.54 Å². The first kappa shape index (κ1) is 23.6. The molecule has 0 aliphatic heterocycles. The predicted molar refractivity (Wildman–Crippen MR) is 92.3 cm³/mol. The molecule has 26 heavy (non-hydrogen) atoms. The summed E-state index contributed by atoms with van der Waals surface area (Å²) < 4.78 is 17.8. The molecule has 4 amide bonds. The molecule has 0 spiro atoms. The molecule has 10 heteroatoms. The second kappa shape index (κ2) is 10.6. The molecule has 0 fully saturated rings. The van der Waals surface area contributed by atoms with Crippen LogP contribution in [-0.4, -0.2) is 53.7 Å². The van der Waals surface area contributed by atoms with Crippen LogP contribution in [0.3, 0.4) is 0 Å². The van der Waals surface area contributed by atoms with E-state index in [9.17, 15) is 23.6 Å². The number of halogens is 1. The molecule has 0 unspecified atom stereocenters. The number of ether oxygens (including phenoxy) is 1. The summed E-state index contributed by atoms with van der Waals surface area (Å²) in [4.78, 5) is 46.8. The van der Waals surface area contributed by atoms with Crippen molar-refractivity contribution in [3.8, 4) is 0 Å². The highest BCUT2D eigenvalue weighted by atomic mass is 19.1. The average molecular weight is 376 g/mol. The van der Waals surface area contributed by atoms with Crippen LogP contribution in [0.1, 0.15) is 47.5 Å². The molecule has 4 N–H and O–H groups in total. The Morgan fingerprint density at radius 3 is 2.19 bits per heavy atom. The molecule has 0 bridgehead atoms. The zero-order valence-corrected chi connectivity index (χ0v) is 15.9. The first-order valence-electron chi connectivity index (χ1n) is 8.29. The Morgan fingerprint density at radius 2 is 1.77 bits per heavy atom. The molecule has 0 rings (SSSR count). The van der Waals surface area contributed by atoms with Crippen LogP contribution in [0.15, 0.2) is 0 Å². The summed E-state index contributed by atoms with van der Waals surface area (Å²) in [5.74, 6) is -2.55. The van der Waals surface area contributed by atoms with E-state index in [1.165, 1.54) is 0 Å². The van der Waals surface area contributed by atoms with E-state index < -0.39 is 42.1 Å². The molecule has 0 aromatic rings. The zero-order valence-electron chi connectivity index (χ0n) is 15.9. The van der Waals surface area contributed by atoms with Gasteiger partial charge in [-0.25, -0.2) is 9.18 Å². The lowest BCUT2D eigenvalue weighted by Gasteiger charge is -2.27. The lowest BCUT2D eigenvalue weighted by atomic mass is 10.1. The fourth-order valence-corrected chi connectivity index (χ4v) is 1.84. The Labute approximate surface area is 152 Å². The standard InChI is InChI=1S/C16H29FN4O5/c1-10(2)8-11(26-15(25)19-16(3,4)5)14(24)20-21(13(23)9-17)7-6-12(18)22/h10-11H,6-9H2,1-5H3,(H2,18,22)(H,19,25)(H,20,24)/t11-/m0/s1. The lowest BCUT2D eigenvalue weighted by molar-refractivity contribution is -0.146. The van der Waals surface area contributed by atoms with Crippen LogP contribution in [0.25, 0.3) is 0 Å². The molecule has 0 aliphatic rings. The van der Waals surface area contributed by atoms with Crippen molar-refractivity contribution < 1.29 is 28.3 Å². The number of hydrazine groups is 1. The molecular formula is C16H29FN4O5. The van der Waals surface area contributed by atoms with Gasteiger partial charge in [-0.15, -0.1) is 0 Å². The summed E-state index contributed by atoms with van der Waals surface area (Å²) in [7, 11) is 0. The number of nitrogens with one attached hydrogen (secondary N) is 2. The zero-order chi connectivity index (χ0) is 20.5. The Balaban J connectivity index is 5.09. The van der Waals surface area contributed by atoms with Crippen molar-refractivity contribution in [2.45, 2.75) is 59.1 Å². The Hall–Kier alpha value is -2.39. The Bertz CT molecular complexity index is 519. The van der Waals surface area contributed by atoms with Crippen molar-refractivity contribution in [3.05, 3.63) is 0 Å². The fourth-order valence-electron chi connectivity index (χ4n) is 1.84. The van der Waals surface area contributed by atoms with E-state index in [4.69, 9.17) is 10.5 Å². The molecule has 0 saturated carbocycles. The minimum absolute atomic E-state index is 0.00383. The Morgan fingerprint density at radius 1 is 1.19 bits per heavy atom. The van der Waals surface area contributed by atoms with Crippen molar-refractivity contribution in [3.63, 3.8) is 0 Å². The summed E-state index contributed by atoms with van der Waals surface area (Å²) in [6.45, 7) is 7.24. The minimum atomic E-state index is -1.36. The maximum absolute atomic E-state index is 12.7. The van der Waals surface area contributed by atoms with Crippen molar-refractivity contribution in [2.75, 3.05) is 13.2 Å². The van der Waals surface area contributed by atoms with Gasteiger partial charge in [0.2, 0.25) is 5.91 Å². The van der Waals surface area contributed by atoms with Crippen molar-refractivity contribution in [2.24, 2.45) is 11.7 Å². The predicted octanol–water partition coefficient (Wildman–Crippen LogP) is 0.631. The number of alkyl carbamates (subject to hydrolysis) is 1. The average Bonchev–Trinajstić information content (AvgIpc) is 2.47. The highest BCUT2D eigenvalue weighted by molar-refractivity contribution is 5.87. The number of carbonyl (C=O) groups excluding carboxylic acids is 4. The highest BCUT2D eigenvalue weighted by Crippen LogP contribution is 2.11. The number of hydrogen-bond donors (Lipinski definition) is 3. The van der Waals surface area contributed by atoms with Crippen LogP contribution in [0.2, 0.25) is 0 Å². The molecule has 150 valence electrons. The molecule has 0 aliphatic carbocycles. The third kappa shape index (κ3) is 10.5. The van der Waals surface area contributed by atoms with Gasteiger partial charge in [0.15, 0.2) is 12.8 Å². The van der Waals surface area contributed by atoms with E-state index in [0.29, 0.717) is 5.01 Å². The summed E-state index contributed by atoms with van der Waals surface area (Å²) in [6.07, 6.45) is -2.05. The first-order chi connectivity index (χ1) is 11.9. The number of amides is 4. The summed E-state index contributed by atoms with van der Waals surface area (Å²) in [5.41, 5.74) is 6.63. The largest absolute Gasteiger partial charge is 0.436 e. The summed E-state index contributed by atoms with van der Waals surface area (Å²) >= 11 is 0. The quantitative estimate of drug-likeness (QED) is 0.535. The maximum atomic E-state index is 12.7. The van der Waals surface area contributed by atoms with Crippen LogP contribution in [0, 0.1) is 5.92 Å². The molecule has 9 nitrogen and oxygen atoms in total. The van der Waals surface area contributed by atoms with Gasteiger partial charge < -0.3 is 15.8 Å². The maximum Gasteiger partial charge on any atom is 0.408 e. The second-order valence-electron chi connectivity index (χ2n) is 7.27. The number of primary amides is 1. The minimum Gasteiger partial charge on any atom is -0.436 e. The summed E-state index contributed by atoms with van der Waals surface area (Å²) in [6, 6.07) is 0. The third-order valence-corrected chi connectivity index (χ3v) is 2.95. The molecule has 0 aromatic heterocycles. The van der Waals surface area contributed by atoms with Gasteiger partial charge in [-0.05, 0) is 33.1 Å². The van der Waals surface area contributed by atoms with Gasteiger partial charge in [0.25, 0.3) is 11.8 Å². The number of rotatable bonds is 8. The van der Waals surface area contributed by atoms with Crippen LogP contribution < -0.4 is 16.5 Å². The van der Waals surface area contributed by atoms with Gasteiger partial charge in [-0.1, -0.05) is 13.8 Å². The molecule has 0 aromatic carbocycles. The number of carbonyl (C=O) groups is 4. The number of alkyl halides is 1. The lowest BCUT2D eigenvalue weighted by Crippen LogP contribution is -2.53. The number of nitrogens with two attached hydrogens (primary N) is 1.